The quantitative estimate of drug-likeness (QED) is 0.880. The first-order chi connectivity index (χ1) is 7.75. The first-order valence-electron chi connectivity index (χ1n) is 4.44. The van der Waals surface area contributed by atoms with Gasteiger partial charge in [0.1, 0.15) is 11.5 Å². The zero-order chi connectivity index (χ0) is 13.2. The molecule has 0 aliphatic rings. The van der Waals surface area contributed by atoms with E-state index in [4.69, 9.17) is 16.7 Å². The second kappa shape index (κ2) is 4.89. The number of hydrogen-bond acceptors (Lipinski definition) is 3. The van der Waals surface area contributed by atoms with Gasteiger partial charge < -0.3 is 5.11 Å². The molecule has 0 amide bonds. The zero-order valence-electron chi connectivity index (χ0n) is 8.65. The van der Waals surface area contributed by atoms with E-state index in [9.17, 15) is 17.6 Å². The third-order valence-corrected chi connectivity index (χ3v) is 3.96. The molecular weight excluding hydrogens is 273 g/mol. The van der Waals surface area contributed by atoms with Crippen molar-refractivity contribution < 1.29 is 22.7 Å². The van der Waals surface area contributed by atoms with Gasteiger partial charge in [0.05, 0.1) is 5.02 Å². The number of hydrogen-bond donors (Lipinski definition) is 2. The topological polar surface area (TPSA) is 83.5 Å². The number of para-hydroxylation sites is 1. The second-order valence-electron chi connectivity index (χ2n) is 3.22. The molecular formula is C9H9ClFNO4S. The molecule has 0 aliphatic heterocycles. The summed E-state index contributed by atoms with van der Waals surface area (Å²) < 4.78 is 38.2. The lowest BCUT2D eigenvalue weighted by Gasteiger charge is -2.12. The van der Waals surface area contributed by atoms with E-state index in [1.165, 1.54) is 12.1 Å². The molecule has 0 spiro atoms. The van der Waals surface area contributed by atoms with Crippen molar-refractivity contribution in [3.05, 3.63) is 29.0 Å². The van der Waals surface area contributed by atoms with Crippen molar-refractivity contribution in [3.8, 4) is 0 Å². The van der Waals surface area contributed by atoms with Gasteiger partial charge in [0.15, 0.2) is 5.25 Å². The number of carboxylic acids is 1. The number of carboxylic acid groups (broad SMARTS) is 1. The largest absolute Gasteiger partial charge is 0.480 e. The molecule has 0 aliphatic carbocycles. The predicted molar refractivity (Wildman–Crippen MR) is 61.1 cm³/mol. The minimum Gasteiger partial charge on any atom is -0.480 e. The van der Waals surface area contributed by atoms with Crippen LogP contribution in [0.1, 0.15) is 6.92 Å². The molecule has 1 rings (SSSR count). The van der Waals surface area contributed by atoms with Gasteiger partial charge >= 0.3 is 5.97 Å². The fourth-order valence-corrected chi connectivity index (χ4v) is 2.16. The summed E-state index contributed by atoms with van der Waals surface area (Å²) in [7, 11) is -4.23. The van der Waals surface area contributed by atoms with Gasteiger partial charge in [-0.1, -0.05) is 17.7 Å². The maximum absolute atomic E-state index is 13.3. The highest BCUT2D eigenvalue weighted by atomic mass is 35.5. The molecule has 0 heterocycles. The smallest absolute Gasteiger partial charge is 0.323 e. The van der Waals surface area contributed by atoms with Gasteiger partial charge in [0.2, 0.25) is 10.0 Å². The Morgan fingerprint density at radius 2 is 2.12 bits per heavy atom. The number of nitrogens with one attached hydrogen (secondary N) is 1. The molecule has 1 atom stereocenters. The Morgan fingerprint density at radius 3 is 2.59 bits per heavy atom. The molecule has 0 aromatic heterocycles. The molecule has 8 heteroatoms. The van der Waals surface area contributed by atoms with E-state index >= 15 is 0 Å². The van der Waals surface area contributed by atoms with Crippen LogP contribution in [0.15, 0.2) is 18.2 Å². The predicted octanol–water partition coefficient (Wildman–Crippen LogP) is 1.69. The second-order valence-corrected chi connectivity index (χ2v) is 5.63. The number of aliphatic carboxylic acids is 1. The van der Waals surface area contributed by atoms with Crippen LogP contribution in [-0.2, 0) is 14.8 Å². The average molecular weight is 282 g/mol. The Bertz CT molecular complexity index is 526. The van der Waals surface area contributed by atoms with E-state index in [0.717, 1.165) is 13.0 Å². The third kappa shape index (κ3) is 3.07. The van der Waals surface area contributed by atoms with Crippen LogP contribution in [0.25, 0.3) is 0 Å². The van der Waals surface area contributed by atoms with Crippen molar-refractivity contribution in [1.29, 1.82) is 0 Å². The molecule has 17 heavy (non-hydrogen) atoms. The van der Waals surface area contributed by atoms with Gasteiger partial charge in [-0.15, -0.1) is 0 Å². The van der Waals surface area contributed by atoms with Crippen molar-refractivity contribution in [2.75, 3.05) is 4.72 Å². The van der Waals surface area contributed by atoms with E-state index in [1.54, 1.807) is 0 Å². The Morgan fingerprint density at radius 1 is 1.53 bits per heavy atom. The Balaban J connectivity index is 3.11. The van der Waals surface area contributed by atoms with Crippen molar-refractivity contribution in [2.45, 2.75) is 12.2 Å². The number of rotatable bonds is 4. The van der Waals surface area contributed by atoms with Gasteiger partial charge in [-0.2, -0.15) is 0 Å². The van der Waals surface area contributed by atoms with E-state index in [0.29, 0.717) is 0 Å². The third-order valence-electron chi connectivity index (χ3n) is 2.02. The van der Waals surface area contributed by atoms with Crippen LogP contribution in [0, 0.1) is 5.82 Å². The Labute approximate surface area is 102 Å². The first kappa shape index (κ1) is 13.7. The van der Waals surface area contributed by atoms with Crippen LogP contribution in [0.4, 0.5) is 10.1 Å². The maximum atomic E-state index is 13.3. The fourth-order valence-electron chi connectivity index (χ4n) is 0.959. The van der Waals surface area contributed by atoms with Crippen LogP contribution in [-0.4, -0.2) is 24.7 Å². The van der Waals surface area contributed by atoms with Crippen LogP contribution in [0.2, 0.25) is 5.02 Å². The van der Waals surface area contributed by atoms with Gasteiger partial charge in [0.25, 0.3) is 0 Å². The molecule has 2 N–H and O–H groups in total. The zero-order valence-corrected chi connectivity index (χ0v) is 10.2. The van der Waals surface area contributed by atoms with E-state index < -0.39 is 32.7 Å². The Kier molecular flexibility index (Phi) is 3.94. The monoisotopic (exact) mass is 281 g/mol. The van der Waals surface area contributed by atoms with Crippen molar-refractivity contribution in [1.82, 2.24) is 0 Å². The molecule has 0 saturated carbocycles. The first-order valence-corrected chi connectivity index (χ1v) is 6.36. The molecule has 0 fully saturated rings. The molecule has 1 aromatic rings. The normalized spacial score (nSPS) is 13.1. The molecule has 1 aromatic carbocycles. The summed E-state index contributed by atoms with van der Waals surface area (Å²) in [5.41, 5.74) is -0.456. The minimum absolute atomic E-state index is 0.147. The van der Waals surface area contributed by atoms with Gasteiger partial charge in [-0.05, 0) is 19.1 Å². The molecule has 5 nitrogen and oxygen atoms in total. The number of sulfonamides is 1. The van der Waals surface area contributed by atoms with Crippen molar-refractivity contribution >= 4 is 33.3 Å². The summed E-state index contributed by atoms with van der Waals surface area (Å²) >= 11 is 5.61. The summed E-state index contributed by atoms with van der Waals surface area (Å²) in [6.07, 6.45) is 0. The summed E-state index contributed by atoms with van der Waals surface area (Å²) in [5.74, 6) is -2.41. The minimum atomic E-state index is -4.23. The highest BCUT2D eigenvalue weighted by Crippen LogP contribution is 2.26. The summed E-state index contributed by atoms with van der Waals surface area (Å²) in [5, 5.41) is 6.73. The van der Waals surface area contributed by atoms with Crippen molar-refractivity contribution in [3.63, 3.8) is 0 Å². The average Bonchev–Trinajstić information content (AvgIpc) is 2.22. The van der Waals surface area contributed by atoms with E-state index in [-0.39, 0.29) is 5.02 Å². The lowest BCUT2D eigenvalue weighted by molar-refractivity contribution is -0.136. The summed E-state index contributed by atoms with van der Waals surface area (Å²) in [4.78, 5) is 10.6. The maximum Gasteiger partial charge on any atom is 0.323 e. The molecule has 0 radical (unpaired) electrons. The highest BCUT2D eigenvalue weighted by Gasteiger charge is 2.29. The molecule has 0 saturated heterocycles. The number of anilines is 1. The van der Waals surface area contributed by atoms with Crippen LogP contribution >= 0.6 is 11.6 Å². The fraction of sp³-hybridized carbons (Fsp3) is 0.222. The van der Waals surface area contributed by atoms with Gasteiger partial charge in [-0.3, -0.25) is 9.52 Å². The van der Waals surface area contributed by atoms with E-state index in [2.05, 4.69) is 0 Å². The van der Waals surface area contributed by atoms with Crippen LogP contribution in [0.5, 0.6) is 0 Å². The van der Waals surface area contributed by atoms with Gasteiger partial charge in [-0.25, -0.2) is 12.8 Å². The van der Waals surface area contributed by atoms with Crippen LogP contribution < -0.4 is 4.72 Å². The lowest BCUT2D eigenvalue weighted by Crippen LogP contribution is -2.32. The van der Waals surface area contributed by atoms with Crippen LogP contribution in [0.3, 0.4) is 0 Å². The SMILES string of the molecule is CC(C(=O)O)S(=O)(=O)Nc1c(F)cccc1Cl. The summed E-state index contributed by atoms with van der Waals surface area (Å²) in [6.45, 7) is 0.972. The molecule has 94 valence electrons. The number of carbonyl (C=O) groups is 1. The molecule has 1 unspecified atom stereocenters. The standard InChI is InChI=1S/C9H9ClFNO4S/c1-5(9(13)14)17(15,16)12-8-6(10)3-2-4-7(8)11/h2-5,12H,1H3,(H,13,14). The number of benzene rings is 1. The number of halogens is 2. The molecule has 0 bridgehead atoms. The highest BCUT2D eigenvalue weighted by molar-refractivity contribution is 7.94. The lowest BCUT2D eigenvalue weighted by atomic mass is 10.3. The van der Waals surface area contributed by atoms with Crippen molar-refractivity contribution in [2.24, 2.45) is 0 Å². The summed E-state index contributed by atoms with van der Waals surface area (Å²) in [6, 6.07) is 3.60. The van der Waals surface area contributed by atoms with E-state index in [1.807, 2.05) is 4.72 Å². The van der Waals surface area contributed by atoms with Gasteiger partial charge in [0, 0.05) is 0 Å². The Hall–Kier alpha value is -1.34.